The van der Waals surface area contributed by atoms with Crippen LogP contribution in [-0.4, -0.2) is 4.98 Å². The van der Waals surface area contributed by atoms with Gasteiger partial charge in [-0.3, -0.25) is 0 Å². The van der Waals surface area contributed by atoms with E-state index in [9.17, 15) is 0 Å². The normalized spacial score (nSPS) is 8.90. The van der Waals surface area contributed by atoms with Crippen molar-refractivity contribution in [1.82, 2.24) is 4.98 Å². The predicted molar refractivity (Wildman–Crippen MR) is 41.9 cm³/mol. The largest absolute Gasteiger partial charge is 0.244 e. The standard InChI is InChI=1S/C8H6ClN/c1-3-7-4-8(9)10-5-6(7)2/h1,4-5H,2H3. The molecule has 0 radical (unpaired) electrons. The number of hydrogen-bond donors (Lipinski definition) is 0. The molecule has 0 amide bonds. The molecule has 0 aliphatic carbocycles. The highest BCUT2D eigenvalue weighted by Gasteiger charge is 1.94. The first-order valence-electron chi connectivity index (χ1n) is 2.83. The second-order valence-corrected chi connectivity index (χ2v) is 2.35. The Kier molecular flexibility index (Phi) is 1.94. The van der Waals surface area contributed by atoms with Crippen molar-refractivity contribution in [2.45, 2.75) is 6.92 Å². The second-order valence-electron chi connectivity index (χ2n) is 1.97. The van der Waals surface area contributed by atoms with E-state index in [0.29, 0.717) is 5.15 Å². The van der Waals surface area contributed by atoms with Crippen molar-refractivity contribution < 1.29 is 0 Å². The Bertz CT molecular complexity index is 286. The average molecular weight is 152 g/mol. The molecule has 0 atom stereocenters. The number of halogens is 1. The summed E-state index contributed by atoms with van der Waals surface area (Å²) < 4.78 is 0. The molecule has 0 aromatic carbocycles. The first-order valence-corrected chi connectivity index (χ1v) is 3.20. The maximum absolute atomic E-state index is 5.59. The van der Waals surface area contributed by atoms with E-state index < -0.39 is 0 Å². The molecule has 0 saturated heterocycles. The second kappa shape index (κ2) is 2.72. The molecular weight excluding hydrogens is 146 g/mol. The molecule has 0 aliphatic rings. The fraction of sp³-hybridized carbons (Fsp3) is 0.125. The smallest absolute Gasteiger partial charge is 0.130 e. The third-order valence-electron chi connectivity index (χ3n) is 1.23. The number of pyridine rings is 1. The van der Waals surface area contributed by atoms with Crippen LogP contribution in [0.2, 0.25) is 5.15 Å². The molecule has 0 unspecified atom stereocenters. The Morgan fingerprint density at radius 1 is 1.70 bits per heavy atom. The third-order valence-corrected chi connectivity index (χ3v) is 1.43. The van der Waals surface area contributed by atoms with Gasteiger partial charge in [0.2, 0.25) is 0 Å². The van der Waals surface area contributed by atoms with Gasteiger partial charge >= 0.3 is 0 Å². The maximum atomic E-state index is 5.59. The van der Waals surface area contributed by atoms with E-state index in [0.717, 1.165) is 11.1 Å². The lowest BCUT2D eigenvalue weighted by molar-refractivity contribution is 1.25. The Labute approximate surface area is 65.0 Å². The molecule has 2 heteroatoms. The highest BCUT2D eigenvalue weighted by atomic mass is 35.5. The molecular formula is C8H6ClN. The summed E-state index contributed by atoms with van der Waals surface area (Å²) in [6.07, 6.45) is 6.85. The van der Waals surface area contributed by atoms with Crippen LogP contribution in [0.25, 0.3) is 0 Å². The van der Waals surface area contributed by atoms with Gasteiger partial charge in [0.25, 0.3) is 0 Å². The first kappa shape index (κ1) is 7.11. The molecule has 0 aliphatic heterocycles. The number of aryl methyl sites for hydroxylation is 1. The van der Waals surface area contributed by atoms with E-state index >= 15 is 0 Å². The minimum absolute atomic E-state index is 0.443. The Morgan fingerprint density at radius 3 is 2.90 bits per heavy atom. The summed E-state index contributed by atoms with van der Waals surface area (Å²) in [6.45, 7) is 1.90. The van der Waals surface area contributed by atoms with Gasteiger partial charge in [-0.15, -0.1) is 6.42 Å². The van der Waals surface area contributed by atoms with Crippen LogP contribution in [0.4, 0.5) is 0 Å². The number of aromatic nitrogens is 1. The van der Waals surface area contributed by atoms with Crippen molar-refractivity contribution in [3.63, 3.8) is 0 Å². The maximum Gasteiger partial charge on any atom is 0.130 e. The summed E-state index contributed by atoms with van der Waals surface area (Å²) in [6, 6.07) is 1.68. The van der Waals surface area contributed by atoms with Gasteiger partial charge in [0.15, 0.2) is 0 Å². The summed E-state index contributed by atoms with van der Waals surface area (Å²) in [7, 11) is 0. The van der Waals surface area contributed by atoms with Crippen molar-refractivity contribution in [3.8, 4) is 12.3 Å². The van der Waals surface area contributed by atoms with Crippen molar-refractivity contribution >= 4 is 11.6 Å². The topological polar surface area (TPSA) is 12.9 Å². The molecule has 0 saturated carbocycles. The molecule has 1 heterocycles. The lowest BCUT2D eigenvalue weighted by Gasteiger charge is -1.95. The van der Waals surface area contributed by atoms with Gasteiger partial charge in [-0.25, -0.2) is 4.98 Å². The lowest BCUT2D eigenvalue weighted by Crippen LogP contribution is -1.83. The third kappa shape index (κ3) is 1.29. The van der Waals surface area contributed by atoms with Gasteiger partial charge in [0, 0.05) is 11.8 Å². The Morgan fingerprint density at radius 2 is 2.40 bits per heavy atom. The van der Waals surface area contributed by atoms with E-state index in [1.807, 2.05) is 6.92 Å². The van der Waals surface area contributed by atoms with Crippen LogP contribution >= 0.6 is 11.6 Å². The molecule has 10 heavy (non-hydrogen) atoms. The fourth-order valence-electron chi connectivity index (χ4n) is 0.654. The molecule has 1 aromatic rings. The van der Waals surface area contributed by atoms with Gasteiger partial charge in [-0.05, 0) is 18.6 Å². The summed E-state index contributed by atoms with van der Waals surface area (Å²) in [5.74, 6) is 2.51. The Balaban J connectivity index is 3.25. The zero-order valence-electron chi connectivity index (χ0n) is 5.56. The quantitative estimate of drug-likeness (QED) is 0.409. The monoisotopic (exact) mass is 151 g/mol. The van der Waals surface area contributed by atoms with Crippen molar-refractivity contribution in [3.05, 3.63) is 28.5 Å². The van der Waals surface area contributed by atoms with E-state index in [2.05, 4.69) is 10.9 Å². The summed E-state index contributed by atoms with van der Waals surface area (Å²) in [5.41, 5.74) is 1.78. The van der Waals surface area contributed by atoms with E-state index in [1.54, 1.807) is 12.3 Å². The van der Waals surface area contributed by atoms with Crippen LogP contribution in [0.5, 0.6) is 0 Å². The van der Waals surface area contributed by atoms with Gasteiger partial charge in [-0.2, -0.15) is 0 Å². The van der Waals surface area contributed by atoms with Crippen LogP contribution in [0.15, 0.2) is 12.3 Å². The van der Waals surface area contributed by atoms with Gasteiger partial charge in [0.1, 0.15) is 5.15 Å². The van der Waals surface area contributed by atoms with E-state index in [-0.39, 0.29) is 0 Å². The molecule has 0 N–H and O–H groups in total. The molecule has 1 nitrogen and oxygen atoms in total. The molecule has 1 rings (SSSR count). The summed E-state index contributed by atoms with van der Waals surface area (Å²) >= 11 is 5.59. The van der Waals surface area contributed by atoms with Gasteiger partial charge < -0.3 is 0 Å². The Hall–Kier alpha value is -1.00. The minimum Gasteiger partial charge on any atom is -0.244 e. The highest BCUT2D eigenvalue weighted by molar-refractivity contribution is 6.29. The highest BCUT2D eigenvalue weighted by Crippen LogP contribution is 2.10. The molecule has 0 fully saturated rings. The van der Waals surface area contributed by atoms with E-state index in [1.165, 1.54) is 0 Å². The molecule has 0 spiro atoms. The van der Waals surface area contributed by atoms with Crippen LogP contribution < -0.4 is 0 Å². The zero-order chi connectivity index (χ0) is 7.56. The van der Waals surface area contributed by atoms with Crippen molar-refractivity contribution in [2.75, 3.05) is 0 Å². The average Bonchev–Trinajstić information content (AvgIpc) is 1.94. The van der Waals surface area contributed by atoms with Crippen LogP contribution in [-0.2, 0) is 0 Å². The fourth-order valence-corrected chi connectivity index (χ4v) is 0.812. The van der Waals surface area contributed by atoms with Crippen LogP contribution in [0.3, 0.4) is 0 Å². The van der Waals surface area contributed by atoms with Crippen molar-refractivity contribution in [2.24, 2.45) is 0 Å². The van der Waals surface area contributed by atoms with E-state index in [4.69, 9.17) is 18.0 Å². The predicted octanol–water partition coefficient (Wildman–Crippen LogP) is 2.02. The number of rotatable bonds is 0. The minimum atomic E-state index is 0.443. The zero-order valence-corrected chi connectivity index (χ0v) is 6.31. The van der Waals surface area contributed by atoms with Crippen molar-refractivity contribution in [1.29, 1.82) is 0 Å². The summed E-state index contributed by atoms with van der Waals surface area (Å²) in [5, 5.41) is 0.443. The number of terminal acetylenes is 1. The van der Waals surface area contributed by atoms with Gasteiger partial charge in [-0.1, -0.05) is 17.5 Å². The number of hydrogen-bond acceptors (Lipinski definition) is 1. The summed E-state index contributed by atoms with van der Waals surface area (Å²) in [4.78, 5) is 3.86. The van der Waals surface area contributed by atoms with Crippen LogP contribution in [0.1, 0.15) is 11.1 Å². The molecule has 1 aromatic heterocycles. The van der Waals surface area contributed by atoms with Crippen LogP contribution in [0, 0.1) is 19.3 Å². The lowest BCUT2D eigenvalue weighted by atomic mass is 10.2. The number of nitrogens with zero attached hydrogens (tertiary/aromatic N) is 1. The first-order chi connectivity index (χ1) is 4.74. The SMILES string of the molecule is C#Cc1cc(Cl)ncc1C. The molecule has 50 valence electrons. The van der Waals surface area contributed by atoms with Gasteiger partial charge in [0.05, 0.1) is 0 Å². The molecule has 0 bridgehead atoms.